The Kier molecular flexibility index (Phi) is 10.9. The smallest absolute Gasteiger partial charge is 0.303 e. The lowest BCUT2D eigenvalue weighted by Crippen LogP contribution is -2.35. The molecule has 0 fully saturated rings. The molecule has 2 aromatic rings. The number of benzene rings is 2. The molecule has 4 heterocycles. The zero-order valence-corrected chi connectivity index (χ0v) is 31.6. The number of nitrogens with zero attached hydrogens (tertiary/aromatic N) is 2. The van der Waals surface area contributed by atoms with Gasteiger partial charge in [-0.05, 0) is 87.6 Å². The average molecular weight is 738 g/mol. The van der Waals surface area contributed by atoms with Crippen LogP contribution in [0.5, 0.6) is 5.75 Å². The van der Waals surface area contributed by atoms with Crippen LogP contribution in [0.2, 0.25) is 0 Å². The van der Waals surface area contributed by atoms with Gasteiger partial charge in [0.15, 0.2) is 11.5 Å². The van der Waals surface area contributed by atoms with Gasteiger partial charge in [0.2, 0.25) is 5.69 Å². The minimum Gasteiger partial charge on any atom is -0.481 e. The van der Waals surface area contributed by atoms with Crippen molar-refractivity contribution in [1.82, 2.24) is 0 Å². The van der Waals surface area contributed by atoms with E-state index >= 15 is 4.39 Å². The normalized spacial score (nSPS) is 20.6. The highest BCUT2D eigenvalue weighted by Crippen LogP contribution is 2.49. The van der Waals surface area contributed by atoms with E-state index < -0.39 is 38.9 Å². The summed E-state index contributed by atoms with van der Waals surface area (Å²) in [5.74, 6) is -0.856. The van der Waals surface area contributed by atoms with Gasteiger partial charge in [-0.1, -0.05) is 39.3 Å². The van der Waals surface area contributed by atoms with Gasteiger partial charge < -0.3 is 14.7 Å². The average Bonchev–Trinajstić information content (AvgIpc) is 3.29. The fraction of sp³-hybridized carbons (Fsp3) is 0.512. The number of halogens is 2. The largest absolute Gasteiger partial charge is 0.481 e. The number of hydrogen-bond acceptors (Lipinski definition) is 5. The van der Waals surface area contributed by atoms with Crippen LogP contribution < -0.4 is 9.64 Å². The fourth-order valence-corrected chi connectivity index (χ4v) is 8.91. The Morgan fingerprint density at radius 1 is 1.06 bits per heavy atom. The number of fused-ring (bicyclic) bond motifs is 3. The second-order valence-electron chi connectivity index (χ2n) is 15.9. The highest BCUT2D eigenvalue weighted by molar-refractivity contribution is 7.85. The number of unbranched alkanes of at least 4 members (excludes halogenated alkanes) is 3. The number of ether oxygens (including phenoxy) is 1. The topological polar surface area (TPSA) is 107 Å². The molecule has 2 aromatic carbocycles. The van der Waals surface area contributed by atoms with Crippen LogP contribution in [0.1, 0.15) is 108 Å². The predicted octanol–water partition coefficient (Wildman–Crippen LogP) is 8.69. The second-order valence-corrected chi connectivity index (χ2v) is 17.4. The first-order valence-electron chi connectivity index (χ1n) is 18.6. The van der Waals surface area contributed by atoms with E-state index in [4.69, 9.17) is 9.84 Å². The van der Waals surface area contributed by atoms with Crippen molar-refractivity contribution in [1.29, 1.82) is 0 Å². The van der Waals surface area contributed by atoms with Crippen molar-refractivity contribution >= 4 is 38.7 Å². The van der Waals surface area contributed by atoms with Crippen molar-refractivity contribution in [3.8, 4) is 5.75 Å². The molecule has 4 aliphatic rings. The number of carbonyl (C=O) groups is 1. The van der Waals surface area contributed by atoms with E-state index in [2.05, 4.69) is 43.9 Å². The van der Waals surface area contributed by atoms with Crippen molar-refractivity contribution < 1.29 is 41.0 Å². The monoisotopic (exact) mass is 737 g/mol. The number of aryl methyl sites for hydroxylation is 1. The maximum Gasteiger partial charge on any atom is 0.303 e. The predicted molar refractivity (Wildman–Crippen MR) is 200 cm³/mol. The Morgan fingerprint density at radius 2 is 1.81 bits per heavy atom. The number of carboxylic acids is 1. The fourth-order valence-electron chi connectivity index (χ4n) is 8.34. The molecule has 0 saturated carbocycles. The Hall–Kier alpha value is -3.83. The number of carboxylic acid groups (broad SMARTS) is 1. The van der Waals surface area contributed by atoms with E-state index in [-0.39, 0.29) is 23.9 Å². The molecule has 0 aromatic heterocycles. The summed E-state index contributed by atoms with van der Waals surface area (Å²) in [6.45, 7) is 10.8. The van der Waals surface area contributed by atoms with Gasteiger partial charge in [0.1, 0.15) is 23.9 Å². The van der Waals surface area contributed by atoms with Crippen LogP contribution in [0.4, 0.5) is 20.2 Å². The first-order chi connectivity index (χ1) is 24.6. The second kappa shape index (κ2) is 14.9. The van der Waals surface area contributed by atoms with Crippen molar-refractivity contribution in [3.05, 3.63) is 82.2 Å². The Balaban J connectivity index is 1.44. The van der Waals surface area contributed by atoms with Gasteiger partial charge in [-0.2, -0.15) is 17.4 Å². The summed E-state index contributed by atoms with van der Waals surface area (Å²) in [4.78, 5) is 13.6. The van der Waals surface area contributed by atoms with E-state index in [1.54, 1.807) is 0 Å². The minimum atomic E-state index is -4.16. The molecule has 0 spiro atoms. The standard InChI is InChI=1S/C41H50F2N2O6S/c1-40(2,3)35-24-27(31-23-28-14-11-19-44-20-12-15-30(37(28)44)39(31)51-35)13-10-16-34-41(4,18-7-9-22-52(48,49)50)32-25-29(42)26-33(43)38(32)45(34)21-8-5-6-17-36(46)47/h10,13,16,23-26H,5-9,11-12,14-15,17-22H2,1-4H3,(H-,46,47,48,49,50)/p+1. The van der Waals surface area contributed by atoms with Gasteiger partial charge in [0.05, 0.1) is 11.2 Å². The van der Waals surface area contributed by atoms with E-state index in [0.717, 1.165) is 73.2 Å². The van der Waals surface area contributed by atoms with Crippen molar-refractivity contribution in [2.45, 2.75) is 104 Å². The third kappa shape index (κ3) is 7.90. The molecule has 0 saturated heterocycles. The molecule has 4 aliphatic heterocycles. The summed E-state index contributed by atoms with van der Waals surface area (Å²) in [6, 6.07) is 4.53. The first-order valence-corrected chi connectivity index (χ1v) is 20.2. The van der Waals surface area contributed by atoms with Crippen LogP contribution in [0.3, 0.4) is 0 Å². The van der Waals surface area contributed by atoms with E-state index in [9.17, 15) is 22.2 Å². The molecular weight excluding hydrogens is 687 g/mol. The van der Waals surface area contributed by atoms with Crippen LogP contribution in [0.15, 0.2) is 48.3 Å². The maximum absolute atomic E-state index is 15.8. The first kappa shape index (κ1) is 37.9. The molecule has 280 valence electrons. The number of hydrogen-bond donors (Lipinski definition) is 2. The maximum atomic E-state index is 15.8. The van der Waals surface area contributed by atoms with Crippen molar-refractivity contribution in [2.75, 3.05) is 30.3 Å². The van der Waals surface area contributed by atoms with Crippen molar-refractivity contribution in [2.24, 2.45) is 5.41 Å². The van der Waals surface area contributed by atoms with Crippen LogP contribution in [0.25, 0.3) is 5.57 Å². The lowest BCUT2D eigenvalue weighted by molar-refractivity contribution is -0.440. The van der Waals surface area contributed by atoms with E-state index in [1.165, 1.54) is 22.9 Å². The van der Waals surface area contributed by atoms with Crippen molar-refractivity contribution in [3.63, 3.8) is 0 Å². The van der Waals surface area contributed by atoms with Gasteiger partial charge >= 0.3 is 5.97 Å². The Bertz CT molecular complexity index is 1990. The molecule has 2 N–H and O–H groups in total. The number of anilines is 1. The number of aliphatic carboxylic acids is 1. The third-order valence-electron chi connectivity index (χ3n) is 10.9. The molecule has 0 bridgehead atoms. The summed E-state index contributed by atoms with van der Waals surface area (Å²) in [5, 5.41) is 9.13. The molecule has 1 atom stereocenters. The lowest BCUT2D eigenvalue weighted by atomic mass is 9.75. The summed E-state index contributed by atoms with van der Waals surface area (Å²) in [6.07, 6.45) is 15.0. The van der Waals surface area contributed by atoms with Gasteiger partial charge in [0, 0.05) is 65.9 Å². The summed E-state index contributed by atoms with van der Waals surface area (Å²) in [7, 11) is -4.16. The quantitative estimate of drug-likeness (QED) is 0.120. The van der Waals surface area contributed by atoms with Crippen LogP contribution >= 0.6 is 0 Å². The highest BCUT2D eigenvalue weighted by Gasteiger charge is 2.49. The minimum absolute atomic E-state index is 0.0455. The molecule has 11 heteroatoms. The molecule has 0 amide bonds. The molecular formula is C41H51F2N2O6S+. The molecule has 0 radical (unpaired) electrons. The zero-order chi connectivity index (χ0) is 37.4. The number of allylic oxidation sites excluding steroid dienone is 6. The van der Waals surface area contributed by atoms with Gasteiger partial charge in [0.25, 0.3) is 10.1 Å². The van der Waals surface area contributed by atoms with Gasteiger partial charge in [-0.15, -0.1) is 0 Å². The molecule has 6 rings (SSSR count). The van der Waals surface area contributed by atoms with Crippen LogP contribution in [-0.2, 0) is 33.2 Å². The summed E-state index contributed by atoms with van der Waals surface area (Å²) < 4.78 is 71.6. The Morgan fingerprint density at radius 3 is 2.52 bits per heavy atom. The summed E-state index contributed by atoms with van der Waals surface area (Å²) in [5.41, 5.74) is 6.39. The molecule has 52 heavy (non-hydrogen) atoms. The SMILES string of the molecule is CC(C)(C)C1=C/C(=C\C=C\C2=[N+](CCCCCC(=O)O)c3c(F)cc(F)cc3C2(C)CCCCS(=O)(=O)O)c2cc3c4c(c2O1)CCCN4CCC3. The highest BCUT2D eigenvalue weighted by atomic mass is 32.2. The van der Waals surface area contributed by atoms with E-state index in [1.807, 2.05) is 23.7 Å². The zero-order valence-electron chi connectivity index (χ0n) is 30.7. The molecule has 8 nitrogen and oxygen atoms in total. The third-order valence-corrected chi connectivity index (χ3v) is 11.7. The lowest BCUT2D eigenvalue weighted by Gasteiger charge is -2.40. The number of rotatable bonds is 13. The van der Waals surface area contributed by atoms with Crippen LogP contribution in [-0.4, -0.2) is 59.7 Å². The molecule has 0 aliphatic carbocycles. The van der Waals surface area contributed by atoms with Gasteiger partial charge in [-0.3, -0.25) is 9.35 Å². The Labute approximate surface area is 306 Å². The summed E-state index contributed by atoms with van der Waals surface area (Å²) >= 11 is 0. The van der Waals surface area contributed by atoms with Crippen LogP contribution in [0, 0.1) is 17.0 Å². The molecule has 1 unspecified atom stereocenters. The van der Waals surface area contributed by atoms with Gasteiger partial charge in [-0.25, -0.2) is 4.39 Å². The van der Waals surface area contributed by atoms with E-state index in [0.29, 0.717) is 44.2 Å².